The molecule has 0 aliphatic carbocycles. The molecule has 1 N–H and O–H groups in total. The number of aromatic amines is 1. The molecule has 0 amide bonds. The second-order valence-electron chi connectivity index (χ2n) is 1.89. The van der Waals surface area contributed by atoms with E-state index in [4.69, 9.17) is 20.9 Å². The molecule has 0 aromatic carbocycles. The molecule has 1 heterocycles. The number of nitrogens with zero attached hydrogens (tertiary/aromatic N) is 6. The van der Waals surface area contributed by atoms with Crippen LogP contribution in [0.1, 0.15) is 0 Å². The maximum atomic E-state index is 8.25. The van der Waals surface area contributed by atoms with Gasteiger partial charge in [-0.15, -0.1) is 0 Å². The van der Waals surface area contributed by atoms with E-state index in [1.807, 2.05) is 0 Å². The Kier molecular flexibility index (Phi) is 6.08. The number of nitrogens with one attached hydrogen (secondary N) is 1. The summed E-state index contributed by atoms with van der Waals surface area (Å²) in [6.07, 6.45) is 3.20. The summed E-state index contributed by atoms with van der Waals surface area (Å²) in [4.78, 5) is 14.6. The average molecular weight is 201 g/mol. The quantitative estimate of drug-likeness (QED) is 0.179. The van der Waals surface area contributed by atoms with E-state index in [-0.39, 0.29) is 0 Å². The Labute approximate surface area is 77.5 Å². The van der Waals surface area contributed by atoms with Crippen LogP contribution in [0.4, 0.5) is 0 Å². The highest BCUT2D eigenvalue weighted by molar-refractivity contribution is 4.41. The number of H-pyrrole nitrogens is 1. The molecule has 1 aromatic rings. The molecule has 0 spiro atoms. The summed E-state index contributed by atoms with van der Waals surface area (Å²) in [7, 11) is 0. The van der Waals surface area contributed by atoms with Gasteiger partial charge in [-0.1, -0.05) is 5.11 Å². The van der Waals surface area contributed by atoms with Crippen molar-refractivity contribution >= 4 is 0 Å². The fraction of sp³-hybridized carbons (Fsp3) is 0.500. The first kappa shape index (κ1) is 11.6. The summed E-state index contributed by atoms with van der Waals surface area (Å²) in [5.74, 6) is 0. The number of aromatic nitrogens is 3. The zero-order chi connectivity index (χ0) is 10.8. The van der Waals surface area contributed by atoms with Crippen molar-refractivity contribution < 1.29 is 9.77 Å². The lowest BCUT2D eigenvalue weighted by molar-refractivity contribution is -0.749. The van der Waals surface area contributed by atoms with Gasteiger partial charge in [-0.05, 0) is 10.5 Å². The summed E-state index contributed by atoms with van der Waals surface area (Å²) in [5.41, 5.74) is 7.92. The van der Waals surface area contributed by atoms with Crippen molar-refractivity contribution in [2.75, 3.05) is 6.54 Å². The molecule has 0 radical (unpaired) electrons. The zero-order valence-electron chi connectivity index (χ0n) is 6.98. The second kappa shape index (κ2) is 7.31. The molecule has 0 saturated carbocycles. The Hall–Kier alpha value is -2.35. The van der Waals surface area contributed by atoms with Crippen LogP contribution < -0.4 is 4.68 Å². The van der Waals surface area contributed by atoms with Crippen LogP contribution in [0.5, 0.6) is 0 Å². The Morgan fingerprint density at radius 3 is 2.79 bits per heavy atom. The van der Waals surface area contributed by atoms with E-state index < -0.39 is 5.09 Å². The molecule has 76 valence electrons. The standard InChI is InChI=1S/C4H6N6.NO3/c5-9-7-1-2-10-4-6-3-8-10;2-1(3)4/h3-4H,1-2H2;/q;-1/p+1. The molecule has 10 nitrogen and oxygen atoms in total. The van der Waals surface area contributed by atoms with Crippen molar-refractivity contribution in [1.82, 2.24) is 10.1 Å². The smallest absolute Gasteiger partial charge is 0.306 e. The van der Waals surface area contributed by atoms with Gasteiger partial charge in [0.1, 0.15) is 6.54 Å². The first-order valence-electron chi connectivity index (χ1n) is 3.37. The third-order valence-corrected chi connectivity index (χ3v) is 1.01. The second-order valence-corrected chi connectivity index (χ2v) is 1.89. The van der Waals surface area contributed by atoms with E-state index in [2.05, 4.69) is 20.1 Å². The molecule has 0 aliphatic heterocycles. The molecule has 1 rings (SSSR count). The van der Waals surface area contributed by atoms with Gasteiger partial charge in [0.25, 0.3) is 0 Å². The summed E-state index contributed by atoms with van der Waals surface area (Å²) in [6.45, 7) is 1.09. The summed E-state index contributed by atoms with van der Waals surface area (Å²) >= 11 is 0. The monoisotopic (exact) mass is 201 g/mol. The highest BCUT2D eigenvalue weighted by Crippen LogP contribution is 1.70. The molecular weight excluding hydrogens is 194 g/mol. The van der Waals surface area contributed by atoms with Gasteiger partial charge < -0.3 is 15.3 Å². The van der Waals surface area contributed by atoms with E-state index in [0.717, 1.165) is 0 Å². The first-order chi connectivity index (χ1) is 6.66. The van der Waals surface area contributed by atoms with Crippen LogP contribution in [0, 0.1) is 15.3 Å². The molecule has 0 saturated heterocycles. The van der Waals surface area contributed by atoms with Crippen LogP contribution in [-0.2, 0) is 6.54 Å². The predicted molar refractivity (Wildman–Crippen MR) is 43.2 cm³/mol. The first-order valence-corrected chi connectivity index (χ1v) is 3.37. The van der Waals surface area contributed by atoms with Crippen LogP contribution in [0.25, 0.3) is 10.4 Å². The summed E-state index contributed by atoms with van der Waals surface area (Å²) < 4.78 is 1.73. The molecule has 0 bridgehead atoms. The SMILES string of the molecule is O=[N+]([O-])[O-].[N-]=[N+]=NCC[n+]1cnc[nH]1. The lowest BCUT2D eigenvalue weighted by Crippen LogP contribution is -2.35. The highest BCUT2D eigenvalue weighted by Gasteiger charge is 1.94. The summed E-state index contributed by atoms with van der Waals surface area (Å²) in [6, 6.07) is 0. The molecule has 0 aliphatic rings. The van der Waals surface area contributed by atoms with Crippen molar-refractivity contribution in [2.45, 2.75) is 6.54 Å². The normalized spacial score (nSPS) is 8.00. The van der Waals surface area contributed by atoms with Gasteiger partial charge in [-0.3, -0.25) is 0 Å². The topological polar surface area (TPSA) is 148 Å². The number of hydrogen-bond acceptors (Lipinski definition) is 5. The molecular formula is C4H7N7O3. The average Bonchev–Trinajstić information content (AvgIpc) is 2.56. The van der Waals surface area contributed by atoms with E-state index in [0.29, 0.717) is 13.1 Å². The van der Waals surface area contributed by atoms with Crippen molar-refractivity contribution in [2.24, 2.45) is 5.11 Å². The molecule has 0 fully saturated rings. The van der Waals surface area contributed by atoms with E-state index in [1.54, 1.807) is 17.3 Å². The lowest BCUT2D eigenvalue weighted by Gasteiger charge is -1.85. The van der Waals surface area contributed by atoms with Crippen molar-refractivity contribution in [3.05, 3.63) is 38.4 Å². The number of hydrogen-bond donors (Lipinski definition) is 1. The van der Waals surface area contributed by atoms with Crippen LogP contribution in [0.3, 0.4) is 0 Å². The van der Waals surface area contributed by atoms with Crippen LogP contribution in [0.15, 0.2) is 17.8 Å². The Morgan fingerprint density at radius 1 is 1.71 bits per heavy atom. The predicted octanol–water partition coefficient (Wildman–Crippen LogP) is -0.232. The Balaban J connectivity index is 0.000000364. The maximum absolute atomic E-state index is 8.25. The van der Waals surface area contributed by atoms with E-state index >= 15 is 0 Å². The van der Waals surface area contributed by atoms with E-state index in [9.17, 15) is 0 Å². The van der Waals surface area contributed by atoms with Gasteiger partial charge in [0.2, 0.25) is 6.33 Å². The van der Waals surface area contributed by atoms with Gasteiger partial charge in [-0.2, -0.15) is 9.78 Å². The van der Waals surface area contributed by atoms with Gasteiger partial charge in [0.05, 0.1) is 11.6 Å². The van der Waals surface area contributed by atoms with Crippen LogP contribution in [-0.4, -0.2) is 21.7 Å². The Bertz CT molecular complexity index is 299. The highest BCUT2D eigenvalue weighted by atomic mass is 16.9. The molecule has 0 unspecified atom stereocenters. The number of rotatable bonds is 3. The minimum Gasteiger partial charge on any atom is -0.356 e. The van der Waals surface area contributed by atoms with Gasteiger partial charge in [0, 0.05) is 4.91 Å². The largest absolute Gasteiger partial charge is 0.356 e. The third-order valence-electron chi connectivity index (χ3n) is 1.01. The van der Waals surface area contributed by atoms with Gasteiger partial charge in [-0.25, -0.2) is 0 Å². The lowest BCUT2D eigenvalue weighted by atomic mass is 10.7. The maximum Gasteiger partial charge on any atom is 0.306 e. The van der Waals surface area contributed by atoms with Gasteiger partial charge in [0.15, 0.2) is 0 Å². The fourth-order valence-corrected chi connectivity index (χ4v) is 0.574. The number of azide groups is 1. The van der Waals surface area contributed by atoms with Gasteiger partial charge >= 0.3 is 6.33 Å². The molecule has 0 atom stereocenters. The zero-order valence-corrected chi connectivity index (χ0v) is 6.98. The Morgan fingerprint density at radius 2 is 2.36 bits per heavy atom. The van der Waals surface area contributed by atoms with E-state index in [1.165, 1.54) is 0 Å². The molecule has 14 heavy (non-hydrogen) atoms. The molecule has 1 aromatic heterocycles. The van der Waals surface area contributed by atoms with Crippen LogP contribution in [0.2, 0.25) is 0 Å². The minimum absolute atomic E-state index is 0.448. The third kappa shape index (κ3) is 7.75. The van der Waals surface area contributed by atoms with Crippen molar-refractivity contribution in [3.8, 4) is 0 Å². The van der Waals surface area contributed by atoms with Crippen molar-refractivity contribution in [3.63, 3.8) is 0 Å². The summed E-state index contributed by atoms with van der Waals surface area (Å²) in [5, 5.41) is 20.9. The minimum atomic E-state index is -1.75. The van der Waals surface area contributed by atoms with Crippen LogP contribution >= 0.6 is 0 Å². The fourth-order valence-electron chi connectivity index (χ4n) is 0.574. The molecule has 10 heteroatoms. The van der Waals surface area contributed by atoms with Crippen molar-refractivity contribution in [1.29, 1.82) is 0 Å².